The quantitative estimate of drug-likeness (QED) is 0.431. The fourth-order valence-electron chi connectivity index (χ4n) is 4.75. The molecule has 0 aliphatic carbocycles. The highest BCUT2D eigenvalue weighted by molar-refractivity contribution is 7.12. The number of aryl methyl sites for hydroxylation is 1. The van der Waals surface area contributed by atoms with Gasteiger partial charge in [-0.25, -0.2) is 0 Å². The maximum absolute atomic E-state index is 13.7. The minimum atomic E-state index is -0.180. The van der Waals surface area contributed by atoms with Gasteiger partial charge in [-0.15, -0.1) is 22.7 Å². The topological polar surface area (TPSA) is 59.1 Å². The molecule has 0 N–H and O–H groups in total. The monoisotopic (exact) mass is 510 g/mol. The lowest BCUT2D eigenvalue weighted by molar-refractivity contribution is -0.135. The molecule has 3 aromatic rings. The Morgan fingerprint density at radius 3 is 2.74 bits per heavy atom. The molecule has 2 unspecified atom stereocenters. The maximum atomic E-state index is 13.7. The van der Waals surface area contributed by atoms with Gasteiger partial charge >= 0.3 is 0 Å². The Morgan fingerprint density at radius 1 is 1.14 bits per heavy atom. The number of hydrogen-bond donors (Lipinski definition) is 0. The summed E-state index contributed by atoms with van der Waals surface area (Å²) in [5, 5.41) is 3.97. The van der Waals surface area contributed by atoms with Crippen molar-refractivity contribution in [2.24, 2.45) is 0 Å². The molecule has 0 spiro atoms. The van der Waals surface area contributed by atoms with Crippen LogP contribution >= 0.6 is 22.7 Å². The summed E-state index contributed by atoms with van der Waals surface area (Å²) >= 11 is 3.14. The first-order chi connectivity index (χ1) is 17.1. The Hall–Kier alpha value is -2.68. The average Bonchev–Trinajstić information content (AvgIpc) is 3.65. The van der Waals surface area contributed by atoms with Gasteiger partial charge in [0.25, 0.3) is 5.91 Å². The largest absolute Gasteiger partial charge is 0.491 e. The van der Waals surface area contributed by atoms with Gasteiger partial charge in [0, 0.05) is 24.6 Å². The van der Waals surface area contributed by atoms with Gasteiger partial charge in [0.05, 0.1) is 17.0 Å². The number of amides is 2. The number of hydrogen-bond acceptors (Lipinski definition) is 6. The number of rotatable bonds is 8. The Bertz CT molecular complexity index is 1140. The van der Waals surface area contributed by atoms with Crippen LogP contribution in [0.2, 0.25) is 0 Å². The van der Waals surface area contributed by atoms with E-state index in [0.29, 0.717) is 31.2 Å². The van der Waals surface area contributed by atoms with Crippen LogP contribution in [0, 0.1) is 6.92 Å². The summed E-state index contributed by atoms with van der Waals surface area (Å²) in [6.07, 6.45) is 2.71. The standard InChI is InChI=1S/C27H30N2O4S2/c1-19-6-8-20(9-7-19)33-18-23-22-11-15-35-24(22)10-12-29(23)26(30)17-28(16-21-4-2-13-32-21)27(31)25-5-3-14-34-25/h3,5-9,11,14-15,21,23H,2,4,10,12-13,16-18H2,1H3. The van der Waals surface area contributed by atoms with E-state index in [1.165, 1.54) is 21.8 Å². The van der Waals surface area contributed by atoms with E-state index in [-0.39, 0.29) is 30.5 Å². The molecule has 1 fully saturated rings. The number of carbonyl (C=O) groups excluding carboxylic acids is 2. The van der Waals surface area contributed by atoms with Gasteiger partial charge in [0.2, 0.25) is 5.91 Å². The van der Waals surface area contributed by atoms with Crippen molar-refractivity contribution >= 4 is 34.5 Å². The zero-order valence-corrected chi connectivity index (χ0v) is 21.5. The number of benzene rings is 1. The molecule has 2 aromatic heterocycles. The van der Waals surface area contributed by atoms with Crippen LogP contribution in [0.5, 0.6) is 5.75 Å². The number of fused-ring (bicyclic) bond motifs is 1. The lowest BCUT2D eigenvalue weighted by atomic mass is 10.0. The molecule has 0 radical (unpaired) electrons. The first-order valence-corrected chi connectivity index (χ1v) is 13.8. The average molecular weight is 511 g/mol. The summed E-state index contributed by atoms with van der Waals surface area (Å²) in [5.41, 5.74) is 2.32. The van der Waals surface area contributed by atoms with Gasteiger partial charge < -0.3 is 19.3 Å². The lowest BCUT2D eigenvalue weighted by Gasteiger charge is -2.37. The summed E-state index contributed by atoms with van der Waals surface area (Å²) < 4.78 is 11.9. The molecule has 1 aromatic carbocycles. The second-order valence-corrected chi connectivity index (χ2v) is 11.0. The molecule has 2 aliphatic heterocycles. The first kappa shape index (κ1) is 24.0. The summed E-state index contributed by atoms with van der Waals surface area (Å²) in [5.74, 6) is 0.630. The van der Waals surface area contributed by atoms with E-state index < -0.39 is 0 Å². The van der Waals surface area contributed by atoms with Crippen molar-refractivity contribution < 1.29 is 19.1 Å². The third-order valence-electron chi connectivity index (χ3n) is 6.64. The summed E-state index contributed by atoms with van der Waals surface area (Å²) in [7, 11) is 0. The Balaban J connectivity index is 1.33. The Morgan fingerprint density at radius 2 is 2.00 bits per heavy atom. The molecule has 8 heteroatoms. The molecule has 6 nitrogen and oxygen atoms in total. The SMILES string of the molecule is Cc1ccc(OCC2c3ccsc3CCN2C(=O)CN(CC2CCCO2)C(=O)c2cccs2)cc1. The van der Waals surface area contributed by atoms with Crippen LogP contribution in [0.25, 0.3) is 0 Å². The van der Waals surface area contributed by atoms with Gasteiger partial charge in [-0.05, 0) is 66.8 Å². The van der Waals surface area contributed by atoms with Crippen LogP contribution in [0.15, 0.2) is 53.2 Å². The lowest BCUT2D eigenvalue weighted by Crippen LogP contribution is -2.49. The van der Waals surface area contributed by atoms with Crippen molar-refractivity contribution in [3.8, 4) is 5.75 Å². The molecule has 0 saturated carbocycles. The van der Waals surface area contributed by atoms with Gasteiger partial charge in [-0.1, -0.05) is 23.8 Å². The van der Waals surface area contributed by atoms with E-state index in [2.05, 4.69) is 11.4 Å². The summed E-state index contributed by atoms with van der Waals surface area (Å²) in [4.78, 5) is 32.5. The third kappa shape index (κ3) is 5.60. The number of nitrogens with zero attached hydrogens (tertiary/aromatic N) is 2. The van der Waals surface area contributed by atoms with Crippen molar-refractivity contribution in [1.82, 2.24) is 9.80 Å². The van der Waals surface area contributed by atoms with Crippen molar-refractivity contribution in [1.29, 1.82) is 0 Å². The zero-order valence-electron chi connectivity index (χ0n) is 19.9. The molecule has 2 amide bonds. The van der Waals surface area contributed by atoms with E-state index in [1.807, 2.05) is 53.6 Å². The maximum Gasteiger partial charge on any atom is 0.264 e. The molecule has 2 atom stereocenters. The molecular weight excluding hydrogens is 480 g/mol. The predicted molar refractivity (Wildman–Crippen MR) is 138 cm³/mol. The van der Waals surface area contributed by atoms with E-state index in [1.54, 1.807) is 16.2 Å². The van der Waals surface area contributed by atoms with Gasteiger partial charge in [0.1, 0.15) is 18.9 Å². The van der Waals surface area contributed by atoms with E-state index >= 15 is 0 Å². The molecular formula is C27H30N2O4S2. The van der Waals surface area contributed by atoms with Gasteiger partial charge in [-0.3, -0.25) is 9.59 Å². The van der Waals surface area contributed by atoms with E-state index in [4.69, 9.17) is 9.47 Å². The third-order valence-corrected chi connectivity index (χ3v) is 8.49. The highest BCUT2D eigenvalue weighted by Crippen LogP contribution is 2.34. The fourth-order valence-corrected chi connectivity index (χ4v) is 6.37. The molecule has 0 bridgehead atoms. The zero-order chi connectivity index (χ0) is 24.2. The number of ether oxygens (including phenoxy) is 2. The van der Waals surface area contributed by atoms with Crippen LogP contribution in [0.3, 0.4) is 0 Å². The van der Waals surface area contributed by atoms with Crippen molar-refractivity contribution in [2.75, 3.05) is 32.8 Å². The second kappa shape index (κ2) is 10.9. The van der Waals surface area contributed by atoms with Crippen molar-refractivity contribution in [3.05, 3.63) is 74.1 Å². The fraction of sp³-hybridized carbons (Fsp3) is 0.407. The van der Waals surface area contributed by atoms with Crippen LogP contribution in [-0.4, -0.2) is 60.6 Å². The van der Waals surface area contributed by atoms with Gasteiger partial charge in [-0.2, -0.15) is 0 Å². The normalized spacial score (nSPS) is 19.4. The number of carbonyl (C=O) groups is 2. The first-order valence-electron chi connectivity index (χ1n) is 12.1. The number of thiophene rings is 2. The van der Waals surface area contributed by atoms with Crippen LogP contribution in [0.4, 0.5) is 0 Å². The van der Waals surface area contributed by atoms with Crippen molar-refractivity contribution in [3.63, 3.8) is 0 Å². The van der Waals surface area contributed by atoms with E-state index in [9.17, 15) is 9.59 Å². The van der Waals surface area contributed by atoms with Crippen LogP contribution in [0.1, 0.15) is 44.6 Å². The Labute approximate surface area is 214 Å². The van der Waals surface area contributed by atoms with Crippen molar-refractivity contribution in [2.45, 2.75) is 38.3 Å². The van der Waals surface area contributed by atoms with Crippen LogP contribution in [-0.2, 0) is 16.0 Å². The molecule has 1 saturated heterocycles. The molecule has 184 valence electrons. The molecule has 35 heavy (non-hydrogen) atoms. The predicted octanol–water partition coefficient (Wildman–Crippen LogP) is 4.94. The van der Waals surface area contributed by atoms with Crippen LogP contribution < -0.4 is 4.74 Å². The molecule has 2 aliphatic rings. The summed E-state index contributed by atoms with van der Waals surface area (Å²) in [6, 6.07) is 13.6. The minimum absolute atomic E-state index is 0.0165. The highest BCUT2D eigenvalue weighted by Gasteiger charge is 2.34. The van der Waals surface area contributed by atoms with E-state index in [0.717, 1.165) is 30.6 Å². The smallest absolute Gasteiger partial charge is 0.264 e. The highest BCUT2D eigenvalue weighted by atomic mass is 32.1. The summed E-state index contributed by atoms with van der Waals surface area (Å²) in [6.45, 7) is 4.23. The minimum Gasteiger partial charge on any atom is -0.491 e. The van der Waals surface area contributed by atoms with Gasteiger partial charge in [0.15, 0.2) is 0 Å². The second-order valence-electron chi connectivity index (χ2n) is 9.07. The molecule has 5 rings (SSSR count). The Kier molecular flexibility index (Phi) is 7.51. The molecule has 4 heterocycles.